The van der Waals surface area contributed by atoms with E-state index in [1.165, 1.54) is 58.8 Å². The Bertz CT molecular complexity index is 1890. The molecule has 37 heavy (non-hydrogen) atoms. The van der Waals surface area contributed by atoms with E-state index in [-0.39, 0.29) is 0 Å². The van der Waals surface area contributed by atoms with Crippen molar-refractivity contribution in [1.29, 1.82) is 0 Å². The van der Waals surface area contributed by atoms with Crippen LogP contribution in [-0.4, -0.2) is 4.98 Å². The molecule has 2 aromatic heterocycles. The van der Waals surface area contributed by atoms with Gasteiger partial charge < -0.3 is 0 Å². The highest BCUT2D eigenvalue weighted by atomic mass is 32.1. The van der Waals surface area contributed by atoms with Crippen LogP contribution in [0.1, 0.15) is 12.5 Å². The molecule has 7 rings (SSSR count). The lowest BCUT2D eigenvalue weighted by Crippen LogP contribution is -1.86. The van der Waals surface area contributed by atoms with E-state index < -0.39 is 0 Å². The van der Waals surface area contributed by atoms with Crippen LogP contribution >= 0.6 is 11.3 Å². The molecular weight excluding hydrogens is 466 g/mol. The fourth-order valence-electron chi connectivity index (χ4n) is 5.21. The Morgan fingerprint density at radius 3 is 2.05 bits per heavy atom. The zero-order valence-electron chi connectivity index (χ0n) is 20.6. The number of pyridine rings is 1. The third kappa shape index (κ3) is 3.91. The first-order chi connectivity index (χ1) is 18.3. The molecule has 0 atom stereocenters. The lowest BCUT2D eigenvalue weighted by Gasteiger charge is -2.09. The molecule has 0 amide bonds. The molecule has 0 radical (unpaired) electrons. The molecule has 1 nitrogen and oxygen atoms in total. The molecule has 2 heteroatoms. The van der Waals surface area contributed by atoms with E-state index >= 15 is 0 Å². The second-order valence-corrected chi connectivity index (χ2v) is 10.6. The van der Waals surface area contributed by atoms with Crippen LogP contribution in [-0.2, 0) is 6.42 Å². The van der Waals surface area contributed by atoms with Gasteiger partial charge in [0.2, 0.25) is 0 Å². The third-order valence-electron chi connectivity index (χ3n) is 7.31. The highest BCUT2D eigenvalue weighted by molar-refractivity contribution is 7.26. The third-order valence-corrected chi connectivity index (χ3v) is 8.53. The summed E-state index contributed by atoms with van der Waals surface area (Å²) in [5, 5.41) is 5.11. The van der Waals surface area contributed by atoms with Gasteiger partial charge in [0.15, 0.2) is 0 Å². The summed E-state index contributed by atoms with van der Waals surface area (Å²) in [6.07, 6.45) is 3.07. The van der Waals surface area contributed by atoms with E-state index in [1.54, 1.807) is 0 Å². The van der Waals surface area contributed by atoms with Crippen molar-refractivity contribution in [3.05, 3.63) is 127 Å². The van der Waals surface area contributed by atoms with E-state index in [2.05, 4.69) is 122 Å². The second-order valence-electron chi connectivity index (χ2n) is 9.54. The lowest BCUT2D eigenvalue weighted by molar-refractivity contribution is 1.14. The average Bonchev–Trinajstić information content (AvgIpc) is 3.36. The molecule has 0 aliphatic rings. The van der Waals surface area contributed by atoms with Gasteiger partial charge in [-0.3, -0.25) is 4.98 Å². The maximum Gasteiger partial charge on any atom is 0.0716 e. The first kappa shape index (κ1) is 22.0. The minimum absolute atomic E-state index is 1.01. The Morgan fingerprint density at radius 1 is 0.595 bits per heavy atom. The molecule has 0 bridgehead atoms. The molecule has 5 aromatic carbocycles. The topological polar surface area (TPSA) is 12.9 Å². The van der Waals surface area contributed by atoms with Gasteiger partial charge in [0.05, 0.1) is 5.69 Å². The summed E-state index contributed by atoms with van der Waals surface area (Å²) in [6.45, 7) is 2.19. The number of aryl methyl sites for hydroxylation is 1. The van der Waals surface area contributed by atoms with Crippen LogP contribution in [0.5, 0.6) is 0 Å². The van der Waals surface area contributed by atoms with Gasteiger partial charge in [0, 0.05) is 37.5 Å². The lowest BCUT2D eigenvalue weighted by atomic mass is 9.97. The van der Waals surface area contributed by atoms with Crippen LogP contribution in [0.15, 0.2) is 121 Å². The van der Waals surface area contributed by atoms with Crippen LogP contribution in [0, 0.1) is 0 Å². The first-order valence-corrected chi connectivity index (χ1v) is 13.6. The molecule has 0 aliphatic carbocycles. The van der Waals surface area contributed by atoms with E-state index in [4.69, 9.17) is 4.98 Å². The van der Waals surface area contributed by atoms with Crippen molar-refractivity contribution < 1.29 is 0 Å². The Labute approximate surface area is 220 Å². The molecule has 0 aliphatic heterocycles. The van der Waals surface area contributed by atoms with E-state index in [9.17, 15) is 0 Å². The standard InChI is InChI=1S/C35H25NS/c1-2-23-10-12-24(13-11-23)26-16-14-25-15-17-27(21-29(25)20-26)28-18-19-33(36-22-28)32-8-5-7-31-30-6-3-4-9-34(30)37-35(31)32/h3-22H,2H2,1H3. The number of hydrogen-bond acceptors (Lipinski definition) is 2. The number of benzene rings is 5. The van der Waals surface area contributed by atoms with Crippen molar-refractivity contribution in [1.82, 2.24) is 4.98 Å². The molecule has 176 valence electrons. The van der Waals surface area contributed by atoms with Gasteiger partial charge in [0.25, 0.3) is 0 Å². The monoisotopic (exact) mass is 491 g/mol. The van der Waals surface area contributed by atoms with E-state index in [0.29, 0.717) is 0 Å². The number of rotatable bonds is 4. The van der Waals surface area contributed by atoms with Crippen molar-refractivity contribution in [2.45, 2.75) is 13.3 Å². The van der Waals surface area contributed by atoms with Gasteiger partial charge in [-0.1, -0.05) is 97.9 Å². The molecule has 2 heterocycles. The summed E-state index contributed by atoms with van der Waals surface area (Å²) < 4.78 is 2.62. The quantitative estimate of drug-likeness (QED) is 0.239. The fourth-order valence-corrected chi connectivity index (χ4v) is 6.44. The van der Waals surface area contributed by atoms with Gasteiger partial charge in [-0.05, 0) is 63.7 Å². The molecular formula is C35H25NS. The van der Waals surface area contributed by atoms with Crippen molar-refractivity contribution in [3.8, 4) is 33.5 Å². The number of nitrogens with zero attached hydrogens (tertiary/aromatic N) is 1. The fraction of sp³-hybridized carbons (Fsp3) is 0.0571. The maximum absolute atomic E-state index is 4.91. The Morgan fingerprint density at radius 2 is 1.30 bits per heavy atom. The Balaban J connectivity index is 1.25. The highest BCUT2D eigenvalue weighted by Gasteiger charge is 2.11. The van der Waals surface area contributed by atoms with Crippen molar-refractivity contribution in [2.24, 2.45) is 0 Å². The number of aromatic nitrogens is 1. The Hall–Kier alpha value is -4.27. The van der Waals surface area contributed by atoms with Crippen LogP contribution < -0.4 is 0 Å². The van der Waals surface area contributed by atoms with E-state index in [0.717, 1.165) is 17.7 Å². The van der Waals surface area contributed by atoms with E-state index in [1.807, 2.05) is 17.5 Å². The minimum Gasteiger partial charge on any atom is -0.256 e. The van der Waals surface area contributed by atoms with Crippen LogP contribution in [0.25, 0.3) is 64.5 Å². The van der Waals surface area contributed by atoms with Gasteiger partial charge in [0.1, 0.15) is 0 Å². The smallest absolute Gasteiger partial charge is 0.0716 e. The normalized spacial score (nSPS) is 11.5. The maximum atomic E-state index is 4.91. The van der Waals surface area contributed by atoms with Crippen molar-refractivity contribution in [2.75, 3.05) is 0 Å². The van der Waals surface area contributed by atoms with Gasteiger partial charge in [-0.2, -0.15) is 0 Å². The predicted octanol–water partition coefficient (Wildman–Crippen LogP) is 10.2. The zero-order chi connectivity index (χ0) is 24.8. The summed E-state index contributed by atoms with van der Waals surface area (Å²) >= 11 is 1.85. The minimum atomic E-state index is 1.01. The summed E-state index contributed by atoms with van der Waals surface area (Å²) in [7, 11) is 0. The summed E-state index contributed by atoms with van der Waals surface area (Å²) in [4.78, 5) is 4.91. The summed E-state index contributed by atoms with van der Waals surface area (Å²) in [6, 6.07) is 41.8. The molecule has 0 fully saturated rings. The highest BCUT2D eigenvalue weighted by Crippen LogP contribution is 2.39. The molecule has 0 N–H and O–H groups in total. The number of thiophene rings is 1. The number of hydrogen-bond donors (Lipinski definition) is 0. The number of fused-ring (bicyclic) bond motifs is 4. The largest absolute Gasteiger partial charge is 0.256 e. The molecule has 0 unspecified atom stereocenters. The van der Waals surface area contributed by atoms with Crippen LogP contribution in [0.3, 0.4) is 0 Å². The summed E-state index contributed by atoms with van der Waals surface area (Å²) in [5.41, 5.74) is 8.40. The Kier molecular flexibility index (Phi) is 5.34. The molecule has 0 saturated carbocycles. The predicted molar refractivity (Wildman–Crippen MR) is 160 cm³/mol. The molecule has 7 aromatic rings. The summed E-state index contributed by atoms with van der Waals surface area (Å²) in [5.74, 6) is 0. The van der Waals surface area contributed by atoms with Crippen LogP contribution in [0.4, 0.5) is 0 Å². The zero-order valence-corrected chi connectivity index (χ0v) is 21.4. The van der Waals surface area contributed by atoms with Crippen molar-refractivity contribution in [3.63, 3.8) is 0 Å². The molecule has 0 spiro atoms. The second kappa shape index (κ2) is 8.99. The van der Waals surface area contributed by atoms with Gasteiger partial charge in [-0.15, -0.1) is 11.3 Å². The van der Waals surface area contributed by atoms with Crippen LogP contribution in [0.2, 0.25) is 0 Å². The first-order valence-electron chi connectivity index (χ1n) is 12.8. The van der Waals surface area contributed by atoms with Gasteiger partial charge >= 0.3 is 0 Å². The average molecular weight is 492 g/mol. The van der Waals surface area contributed by atoms with Gasteiger partial charge in [-0.25, -0.2) is 0 Å². The van der Waals surface area contributed by atoms with Crippen molar-refractivity contribution >= 4 is 42.3 Å². The SMILES string of the molecule is CCc1ccc(-c2ccc3ccc(-c4ccc(-c5cccc6c5sc5ccccc56)nc4)cc3c2)cc1. The molecule has 0 saturated heterocycles.